The fraction of sp³-hybridized carbons (Fsp3) is 0.917. The molecule has 0 fully saturated rings. The van der Waals surface area contributed by atoms with E-state index in [0.29, 0.717) is 12.5 Å². The van der Waals surface area contributed by atoms with Crippen LogP contribution in [0.1, 0.15) is 26.7 Å². The van der Waals surface area contributed by atoms with Crippen molar-refractivity contribution >= 4 is 5.91 Å². The molecular formula is C12H27N3O. The van der Waals surface area contributed by atoms with Crippen LogP contribution in [0.5, 0.6) is 0 Å². The molecule has 0 saturated heterocycles. The molecule has 1 amide bonds. The maximum absolute atomic E-state index is 11.3. The Labute approximate surface area is 99.8 Å². The van der Waals surface area contributed by atoms with Crippen molar-refractivity contribution in [3.63, 3.8) is 0 Å². The number of rotatable bonds is 9. The van der Waals surface area contributed by atoms with Crippen LogP contribution in [0.15, 0.2) is 0 Å². The molecule has 16 heavy (non-hydrogen) atoms. The summed E-state index contributed by atoms with van der Waals surface area (Å²) in [6.07, 6.45) is 2.29. The van der Waals surface area contributed by atoms with Gasteiger partial charge in [0.05, 0.1) is 6.54 Å². The third-order valence-electron chi connectivity index (χ3n) is 2.20. The lowest BCUT2D eigenvalue weighted by atomic mass is 10.2. The van der Waals surface area contributed by atoms with Gasteiger partial charge in [-0.15, -0.1) is 0 Å². The van der Waals surface area contributed by atoms with Crippen molar-refractivity contribution in [2.24, 2.45) is 5.92 Å². The lowest BCUT2D eigenvalue weighted by molar-refractivity contribution is -0.120. The molecule has 0 unspecified atom stereocenters. The molecule has 4 nitrogen and oxygen atoms in total. The number of hydrogen-bond donors (Lipinski definition) is 2. The van der Waals surface area contributed by atoms with Crippen molar-refractivity contribution in [3.8, 4) is 0 Å². The second-order valence-electron chi connectivity index (χ2n) is 4.89. The maximum atomic E-state index is 11.3. The summed E-state index contributed by atoms with van der Waals surface area (Å²) < 4.78 is 0. The van der Waals surface area contributed by atoms with Crippen LogP contribution >= 0.6 is 0 Å². The molecule has 0 aliphatic rings. The van der Waals surface area contributed by atoms with Crippen molar-refractivity contribution in [1.82, 2.24) is 15.5 Å². The van der Waals surface area contributed by atoms with Crippen molar-refractivity contribution in [1.29, 1.82) is 0 Å². The van der Waals surface area contributed by atoms with Crippen molar-refractivity contribution in [2.75, 3.05) is 40.3 Å². The van der Waals surface area contributed by atoms with Gasteiger partial charge in [0.25, 0.3) is 0 Å². The van der Waals surface area contributed by atoms with Gasteiger partial charge in [-0.1, -0.05) is 13.8 Å². The number of nitrogens with zero attached hydrogens (tertiary/aromatic N) is 1. The lowest BCUT2D eigenvalue weighted by Crippen LogP contribution is -2.36. The minimum absolute atomic E-state index is 0.0984. The molecule has 0 radical (unpaired) electrons. The van der Waals surface area contributed by atoms with E-state index in [-0.39, 0.29) is 5.91 Å². The van der Waals surface area contributed by atoms with Gasteiger partial charge in [0.1, 0.15) is 0 Å². The zero-order valence-electron chi connectivity index (χ0n) is 11.2. The summed E-state index contributed by atoms with van der Waals surface area (Å²) in [6, 6.07) is 0. The van der Waals surface area contributed by atoms with Crippen molar-refractivity contribution < 1.29 is 4.79 Å². The Hall–Kier alpha value is -0.610. The zero-order chi connectivity index (χ0) is 12.4. The smallest absolute Gasteiger partial charge is 0.233 e. The third-order valence-corrected chi connectivity index (χ3v) is 2.20. The Bertz CT molecular complexity index is 181. The highest BCUT2D eigenvalue weighted by Crippen LogP contribution is 1.89. The van der Waals surface area contributed by atoms with Gasteiger partial charge in [-0.25, -0.2) is 0 Å². The third kappa shape index (κ3) is 11.5. The molecule has 0 spiro atoms. The van der Waals surface area contributed by atoms with Crippen LogP contribution in [0.4, 0.5) is 0 Å². The molecule has 0 saturated carbocycles. The molecular weight excluding hydrogens is 202 g/mol. The number of nitrogens with one attached hydrogen (secondary N) is 2. The number of hydrogen-bond acceptors (Lipinski definition) is 3. The average molecular weight is 229 g/mol. The Morgan fingerprint density at radius 2 is 1.94 bits per heavy atom. The van der Waals surface area contributed by atoms with E-state index in [4.69, 9.17) is 0 Å². The number of carbonyl (C=O) groups is 1. The Balaban J connectivity index is 3.21. The summed E-state index contributed by atoms with van der Waals surface area (Å²) in [7, 11) is 4.15. The van der Waals surface area contributed by atoms with Crippen LogP contribution in [-0.2, 0) is 4.79 Å². The molecule has 0 aromatic rings. The molecule has 0 atom stereocenters. The molecule has 0 aromatic heterocycles. The van der Waals surface area contributed by atoms with Crippen LogP contribution in [0.25, 0.3) is 0 Å². The van der Waals surface area contributed by atoms with Gasteiger partial charge in [0.2, 0.25) is 5.91 Å². The summed E-state index contributed by atoms with van der Waals surface area (Å²) in [5.74, 6) is 0.616. The summed E-state index contributed by atoms with van der Waals surface area (Å²) in [5.41, 5.74) is 0. The predicted molar refractivity (Wildman–Crippen MR) is 68.5 cm³/mol. The van der Waals surface area contributed by atoms with E-state index in [9.17, 15) is 4.79 Å². The van der Waals surface area contributed by atoms with Gasteiger partial charge in [-0.05, 0) is 45.9 Å². The average Bonchev–Trinajstić information content (AvgIpc) is 2.19. The topological polar surface area (TPSA) is 44.4 Å². The molecule has 0 heterocycles. The highest BCUT2D eigenvalue weighted by molar-refractivity contribution is 5.77. The normalized spacial score (nSPS) is 11.1. The zero-order valence-corrected chi connectivity index (χ0v) is 11.2. The van der Waals surface area contributed by atoms with Crippen LogP contribution in [-0.4, -0.2) is 51.1 Å². The van der Waals surface area contributed by atoms with Crippen LogP contribution in [0.2, 0.25) is 0 Å². The molecule has 0 bridgehead atoms. The largest absolute Gasteiger partial charge is 0.355 e. The first kappa shape index (κ1) is 15.4. The summed E-state index contributed by atoms with van der Waals surface area (Å²) in [6.45, 7) is 7.42. The molecule has 0 aliphatic carbocycles. The van der Waals surface area contributed by atoms with Gasteiger partial charge >= 0.3 is 0 Å². The molecule has 0 aromatic carbocycles. The monoisotopic (exact) mass is 229 g/mol. The highest BCUT2D eigenvalue weighted by Gasteiger charge is 2.00. The second-order valence-corrected chi connectivity index (χ2v) is 4.89. The number of unbranched alkanes of at least 4 members (excludes halogenated alkanes) is 1. The molecule has 0 rings (SSSR count). The number of carbonyl (C=O) groups excluding carboxylic acids is 1. The van der Waals surface area contributed by atoms with E-state index in [1.807, 2.05) is 0 Å². The van der Waals surface area contributed by atoms with E-state index in [2.05, 4.69) is 43.5 Å². The van der Waals surface area contributed by atoms with Gasteiger partial charge in [0, 0.05) is 6.54 Å². The first-order chi connectivity index (χ1) is 7.52. The van der Waals surface area contributed by atoms with Gasteiger partial charge in [-0.2, -0.15) is 0 Å². The Kier molecular flexibility index (Phi) is 9.24. The number of amides is 1. The van der Waals surface area contributed by atoms with Crippen LogP contribution < -0.4 is 10.6 Å². The molecule has 2 N–H and O–H groups in total. The van der Waals surface area contributed by atoms with E-state index >= 15 is 0 Å². The summed E-state index contributed by atoms with van der Waals surface area (Å²) in [5, 5.41) is 6.03. The Morgan fingerprint density at radius 1 is 1.25 bits per heavy atom. The van der Waals surface area contributed by atoms with E-state index in [1.54, 1.807) is 0 Å². The maximum Gasteiger partial charge on any atom is 0.233 e. The van der Waals surface area contributed by atoms with Crippen molar-refractivity contribution in [2.45, 2.75) is 26.7 Å². The van der Waals surface area contributed by atoms with E-state index < -0.39 is 0 Å². The standard InChI is InChI=1S/C12H27N3O/c1-11(2)9-14-12(16)10-13-7-5-6-8-15(3)4/h11,13H,5-10H2,1-4H3,(H,14,16). The van der Waals surface area contributed by atoms with Gasteiger partial charge in [0.15, 0.2) is 0 Å². The summed E-state index contributed by atoms with van der Waals surface area (Å²) >= 11 is 0. The van der Waals surface area contributed by atoms with Crippen molar-refractivity contribution in [3.05, 3.63) is 0 Å². The Morgan fingerprint density at radius 3 is 2.50 bits per heavy atom. The van der Waals surface area contributed by atoms with Crippen LogP contribution in [0.3, 0.4) is 0 Å². The SMILES string of the molecule is CC(C)CNC(=O)CNCCCCN(C)C. The fourth-order valence-electron chi connectivity index (χ4n) is 1.26. The molecule has 0 aliphatic heterocycles. The predicted octanol–water partition coefficient (Wildman–Crippen LogP) is 0.690. The van der Waals surface area contributed by atoms with E-state index in [0.717, 1.165) is 26.1 Å². The minimum Gasteiger partial charge on any atom is -0.355 e. The van der Waals surface area contributed by atoms with E-state index in [1.165, 1.54) is 6.42 Å². The highest BCUT2D eigenvalue weighted by atomic mass is 16.1. The van der Waals surface area contributed by atoms with Gasteiger partial charge < -0.3 is 15.5 Å². The second kappa shape index (κ2) is 9.60. The van der Waals surface area contributed by atoms with Crippen LogP contribution in [0, 0.1) is 5.92 Å². The molecule has 96 valence electrons. The lowest BCUT2D eigenvalue weighted by Gasteiger charge is -2.10. The summed E-state index contributed by atoms with van der Waals surface area (Å²) in [4.78, 5) is 13.5. The molecule has 4 heteroatoms. The first-order valence-electron chi connectivity index (χ1n) is 6.14. The first-order valence-corrected chi connectivity index (χ1v) is 6.14. The quantitative estimate of drug-likeness (QED) is 0.572. The van der Waals surface area contributed by atoms with Gasteiger partial charge in [-0.3, -0.25) is 4.79 Å². The fourth-order valence-corrected chi connectivity index (χ4v) is 1.26. The minimum atomic E-state index is 0.0984.